The summed E-state index contributed by atoms with van der Waals surface area (Å²) in [5.41, 5.74) is 2.83. The summed E-state index contributed by atoms with van der Waals surface area (Å²) in [6, 6.07) is 10.2. The van der Waals surface area contributed by atoms with Crippen LogP contribution in [0.25, 0.3) is 0 Å². The summed E-state index contributed by atoms with van der Waals surface area (Å²) in [6.45, 7) is 9.29. The predicted molar refractivity (Wildman–Crippen MR) is 100 cm³/mol. The zero-order valence-electron chi connectivity index (χ0n) is 14.6. The van der Waals surface area contributed by atoms with E-state index in [9.17, 15) is 13.2 Å². The number of carbonyl (C=O) groups is 1. The first-order valence-electron chi connectivity index (χ1n) is 7.85. The van der Waals surface area contributed by atoms with E-state index in [1.807, 2.05) is 19.1 Å². The van der Waals surface area contributed by atoms with Crippen LogP contribution in [0.2, 0.25) is 0 Å². The van der Waals surface area contributed by atoms with E-state index in [0.29, 0.717) is 17.7 Å². The van der Waals surface area contributed by atoms with Crippen LogP contribution < -0.4 is 10.0 Å². The molecule has 0 aliphatic heterocycles. The molecule has 0 unspecified atom stereocenters. The van der Waals surface area contributed by atoms with Gasteiger partial charge in [0.1, 0.15) is 0 Å². The molecule has 2 aromatic carbocycles. The molecule has 0 fully saturated rings. The summed E-state index contributed by atoms with van der Waals surface area (Å²) >= 11 is 0. The van der Waals surface area contributed by atoms with Gasteiger partial charge >= 0.3 is 0 Å². The molecule has 2 N–H and O–H groups in total. The van der Waals surface area contributed by atoms with Crippen LogP contribution in [0.4, 0.5) is 5.69 Å². The quantitative estimate of drug-likeness (QED) is 0.778. The molecule has 0 aliphatic rings. The molecule has 0 bridgehead atoms. The van der Waals surface area contributed by atoms with Crippen molar-refractivity contribution in [1.82, 2.24) is 5.32 Å². The Bertz CT molecular complexity index is 895. The highest BCUT2D eigenvalue weighted by Crippen LogP contribution is 2.25. The molecule has 0 spiro atoms. The summed E-state index contributed by atoms with van der Waals surface area (Å²) in [5.74, 6) is -0.365. The predicted octanol–water partition coefficient (Wildman–Crippen LogP) is 3.33. The van der Waals surface area contributed by atoms with Crippen molar-refractivity contribution in [2.75, 3.05) is 11.3 Å². The van der Waals surface area contributed by atoms with Gasteiger partial charge in [0, 0.05) is 6.54 Å². The first kappa shape index (κ1) is 18.7. The molecule has 0 aromatic heterocycles. The number of hydrogen-bond donors (Lipinski definition) is 2. The van der Waals surface area contributed by atoms with Gasteiger partial charge in [0.25, 0.3) is 15.9 Å². The largest absolute Gasteiger partial charge is 0.349 e. The number of para-hydroxylation sites is 1. The van der Waals surface area contributed by atoms with Gasteiger partial charge in [-0.3, -0.25) is 9.52 Å². The van der Waals surface area contributed by atoms with Gasteiger partial charge in [0.15, 0.2) is 0 Å². The minimum Gasteiger partial charge on any atom is -0.349 e. The molecule has 2 rings (SSSR count). The highest BCUT2D eigenvalue weighted by Gasteiger charge is 2.22. The molecule has 0 saturated carbocycles. The van der Waals surface area contributed by atoms with Gasteiger partial charge in [-0.2, -0.15) is 0 Å². The molecule has 0 aliphatic carbocycles. The molecule has 132 valence electrons. The second-order valence-corrected chi connectivity index (χ2v) is 7.50. The number of aryl methyl sites for hydroxylation is 3. The minimum absolute atomic E-state index is 0.236. The second-order valence-electron chi connectivity index (χ2n) is 5.88. The molecular formula is C19H22N2O3S. The van der Waals surface area contributed by atoms with Gasteiger partial charge in [-0.15, -0.1) is 6.58 Å². The maximum absolute atomic E-state index is 12.9. The van der Waals surface area contributed by atoms with E-state index in [4.69, 9.17) is 0 Å². The number of sulfonamides is 1. The molecular weight excluding hydrogens is 336 g/mol. The SMILES string of the molecule is C=CCNC(=O)c1ccccc1NS(=O)(=O)c1c(C)cc(C)cc1C. The van der Waals surface area contributed by atoms with Gasteiger partial charge < -0.3 is 5.32 Å². The van der Waals surface area contributed by atoms with Crippen LogP contribution in [-0.2, 0) is 10.0 Å². The maximum atomic E-state index is 12.9. The van der Waals surface area contributed by atoms with E-state index in [0.717, 1.165) is 5.56 Å². The lowest BCUT2D eigenvalue weighted by molar-refractivity contribution is 0.0959. The fourth-order valence-electron chi connectivity index (χ4n) is 2.82. The Morgan fingerprint density at radius 3 is 2.32 bits per heavy atom. The van der Waals surface area contributed by atoms with Crippen LogP contribution >= 0.6 is 0 Å². The Hall–Kier alpha value is -2.60. The van der Waals surface area contributed by atoms with Crippen molar-refractivity contribution < 1.29 is 13.2 Å². The number of carbonyl (C=O) groups excluding carboxylic acids is 1. The van der Waals surface area contributed by atoms with Crippen molar-refractivity contribution >= 4 is 21.6 Å². The third-order valence-electron chi connectivity index (χ3n) is 3.70. The summed E-state index contributed by atoms with van der Waals surface area (Å²) in [4.78, 5) is 12.5. The summed E-state index contributed by atoms with van der Waals surface area (Å²) in [6.07, 6.45) is 1.56. The smallest absolute Gasteiger partial charge is 0.262 e. The van der Waals surface area contributed by atoms with Crippen LogP contribution in [0.3, 0.4) is 0 Å². The number of rotatable bonds is 6. The fourth-order valence-corrected chi connectivity index (χ4v) is 4.35. The number of nitrogens with one attached hydrogen (secondary N) is 2. The van der Waals surface area contributed by atoms with Crippen LogP contribution in [0.5, 0.6) is 0 Å². The first-order valence-corrected chi connectivity index (χ1v) is 9.33. The van der Waals surface area contributed by atoms with E-state index < -0.39 is 10.0 Å². The fraction of sp³-hybridized carbons (Fsp3) is 0.211. The zero-order valence-corrected chi connectivity index (χ0v) is 15.4. The number of anilines is 1. The Balaban J connectivity index is 2.43. The van der Waals surface area contributed by atoms with E-state index in [2.05, 4.69) is 16.6 Å². The molecule has 0 heterocycles. The third kappa shape index (κ3) is 4.28. The Kier molecular flexibility index (Phi) is 5.64. The van der Waals surface area contributed by atoms with Gasteiger partial charge in [-0.25, -0.2) is 8.42 Å². The van der Waals surface area contributed by atoms with Crippen molar-refractivity contribution in [3.63, 3.8) is 0 Å². The summed E-state index contributed by atoms with van der Waals surface area (Å²) < 4.78 is 28.3. The Morgan fingerprint density at radius 1 is 1.12 bits per heavy atom. The van der Waals surface area contributed by atoms with Crippen molar-refractivity contribution in [3.05, 3.63) is 71.3 Å². The van der Waals surface area contributed by atoms with Gasteiger partial charge in [-0.05, 0) is 44.0 Å². The Morgan fingerprint density at radius 2 is 1.72 bits per heavy atom. The zero-order chi connectivity index (χ0) is 18.6. The molecule has 25 heavy (non-hydrogen) atoms. The van der Waals surface area contributed by atoms with Crippen molar-refractivity contribution in [1.29, 1.82) is 0 Å². The van der Waals surface area contributed by atoms with Crippen molar-refractivity contribution in [2.24, 2.45) is 0 Å². The van der Waals surface area contributed by atoms with E-state index in [1.165, 1.54) is 0 Å². The van der Waals surface area contributed by atoms with Crippen LogP contribution in [-0.4, -0.2) is 20.9 Å². The lowest BCUT2D eigenvalue weighted by Crippen LogP contribution is -2.25. The summed E-state index contributed by atoms with van der Waals surface area (Å²) in [5, 5.41) is 2.65. The molecule has 5 nitrogen and oxygen atoms in total. The monoisotopic (exact) mass is 358 g/mol. The van der Waals surface area contributed by atoms with Gasteiger partial charge in [0.2, 0.25) is 0 Å². The first-order chi connectivity index (χ1) is 11.8. The molecule has 0 radical (unpaired) electrons. The highest BCUT2D eigenvalue weighted by molar-refractivity contribution is 7.92. The molecule has 0 atom stereocenters. The average Bonchev–Trinajstić information content (AvgIpc) is 2.51. The molecule has 1 amide bonds. The van der Waals surface area contributed by atoms with Crippen LogP contribution in [0.15, 0.2) is 53.9 Å². The lowest BCUT2D eigenvalue weighted by Gasteiger charge is -2.16. The topological polar surface area (TPSA) is 75.3 Å². The van der Waals surface area contributed by atoms with Crippen LogP contribution in [0.1, 0.15) is 27.0 Å². The van der Waals surface area contributed by atoms with Gasteiger partial charge in [-0.1, -0.05) is 35.9 Å². The number of amides is 1. The Labute approximate surface area is 148 Å². The van der Waals surface area contributed by atoms with E-state index >= 15 is 0 Å². The third-order valence-corrected chi connectivity index (χ3v) is 5.37. The highest BCUT2D eigenvalue weighted by atomic mass is 32.2. The lowest BCUT2D eigenvalue weighted by atomic mass is 10.1. The second kappa shape index (κ2) is 7.53. The standard InChI is InChI=1S/C19H22N2O3S/c1-5-10-20-19(22)16-8-6-7-9-17(16)21-25(23,24)18-14(3)11-13(2)12-15(18)4/h5-9,11-12,21H,1,10H2,2-4H3,(H,20,22). The normalized spacial score (nSPS) is 11.0. The molecule has 2 aromatic rings. The minimum atomic E-state index is -3.82. The van der Waals surface area contributed by atoms with Crippen LogP contribution in [0, 0.1) is 20.8 Å². The molecule has 6 heteroatoms. The average molecular weight is 358 g/mol. The maximum Gasteiger partial charge on any atom is 0.262 e. The summed E-state index contributed by atoms with van der Waals surface area (Å²) in [7, 11) is -3.82. The number of hydrogen-bond acceptors (Lipinski definition) is 3. The van der Waals surface area contributed by atoms with Crippen molar-refractivity contribution in [3.8, 4) is 0 Å². The number of benzene rings is 2. The van der Waals surface area contributed by atoms with E-state index in [-0.39, 0.29) is 22.1 Å². The van der Waals surface area contributed by atoms with Crippen molar-refractivity contribution in [2.45, 2.75) is 25.7 Å². The van der Waals surface area contributed by atoms with E-state index in [1.54, 1.807) is 44.2 Å². The van der Waals surface area contributed by atoms with Gasteiger partial charge in [0.05, 0.1) is 16.1 Å². The molecule has 0 saturated heterocycles.